The summed E-state index contributed by atoms with van der Waals surface area (Å²) in [6, 6.07) is 44.6. The van der Waals surface area contributed by atoms with Crippen molar-refractivity contribution in [1.82, 2.24) is 0 Å². The van der Waals surface area contributed by atoms with E-state index < -0.39 is 0 Å². The van der Waals surface area contributed by atoms with Crippen LogP contribution in [0.25, 0.3) is 22.1 Å². The molecule has 0 saturated carbocycles. The van der Waals surface area contributed by atoms with Crippen LogP contribution in [0.1, 0.15) is 135 Å². The van der Waals surface area contributed by atoms with Crippen molar-refractivity contribution in [1.29, 1.82) is 0 Å². The maximum absolute atomic E-state index is 7.39. The Morgan fingerprint density at radius 2 is 1.08 bits per heavy atom. The predicted octanol–water partition coefficient (Wildman–Crippen LogP) is 14.5. The van der Waals surface area contributed by atoms with E-state index >= 15 is 0 Å². The fourth-order valence-corrected chi connectivity index (χ4v) is 11.9. The van der Waals surface area contributed by atoms with Gasteiger partial charge in [0.2, 0.25) is 0 Å². The van der Waals surface area contributed by atoms with E-state index in [0.717, 1.165) is 28.7 Å². The van der Waals surface area contributed by atoms with Gasteiger partial charge >= 0.3 is 0 Å². The van der Waals surface area contributed by atoms with Gasteiger partial charge in [0.1, 0.15) is 5.58 Å². The molecule has 6 aromatic carbocycles. The summed E-state index contributed by atoms with van der Waals surface area (Å²) in [5, 5.41) is 1.15. The number of aryl methyl sites for hydroxylation is 1. The van der Waals surface area contributed by atoms with Gasteiger partial charge in [-0.3, -0.25) is 0 Å². The highest BCUT2D eigenvalue weighted by molar-refractivity contribution is 7.00. The van der Waals surface area contributed by atoms with Gasteiger partial charge in [-0.25, -0.2) is 0 Å². The summed E-state index contributed by atoms with van der Waals surface area (Å²) in [6.07, 6.45) is 4.72. The lowest BCUT2D eigenvalue weighted by molar-refractivity contribution is 0.332. The van der Waals surface area contributed by atoms with Gasteiger partial charge in [-0.2, -0.15) is 0 Å². The minimum absolute atomic E-state index is 0.0383. The van der Waals surface area contributed by atoms with Crippen molar-refractivity contribution in [3.05, 3.63) is 149 Å². The van der Waals surface area contributed by atoms with E-state index in [2.05, 4.69) is 208 Å². The third-order valence-electron chi connectivity index (χ3n) is 16.0. The monoisotopic (exact) mass is 827 g/mol. The number of furan rings is 1. The van der Waals surface area contributed by atoms with Gasteiger partial charge in [-0.05, 0) is 170 Å². The second-order valence-electron chi connectivity index (χ2n) is 23.2. The van der Waals surface area contributed by atoms with Crippen molar-refractivity contribution in [3.8, 4) is 11.1 Å². The maximum atomic E-state index is 7.39. The molecule has 2 aliphatic carbocycles. The van der Waals surface area contributed by atoms with Crippen LogP contribution in [0.4, 0.5) is 34.1 Å². The van der Waals surface area contributed by atoms with Crippen molar-refractivity contribution >= 4 is 68.4 Å². The van der Waals surface area contributed by atoms with Crippen LogP contribution in [0, 0.1) is 6.92 Å². The van der Waals surface area contributed by atoms with Gasteiger partial charge in [0, 0.05) is 33.8 Å². The molecule has 0 atom stereocenters. The number of hydrogen-bond acceptors (Lipinski definition) is 3. The zero-order chi connectivity index (χ0) is 44.2. The summed E-state index contributed by atoms with van der Waals surface area (Å²) in [4.78, 5) is 5.19. The molecule has 0 radical (unpaired) electrons. The molecule has 11 rings (SSSR count). The lowest BCUT2D eigenvalue weighted by atomic mass is 9.35. The Labute approximate surface area is 376 Å². The molecule has 3 nitrogen and oxygen atoms in total. The topological polar surface area (TPSA) is 19.6 Å². The fraction of sp³-hybridized carbons (Fsp3) is 0.356. The van der Waals surface area contributed by atoms with Crippen LogP contribution < -0.4 is 26.4 Å². The number of fused-ring (bicyclic) bond motifs is 8. The van der Waals surface area contributed by atoms with Crippen LogP contribution in [-0.2, 0) is 27.1 Å². The first-order valence-corrected chi connectivity index (χ1v) is 23.5. The van der Waals surface area contributed by atoms with Gasteiger partial charge in [-0.15, -0.1) is 0 Å². The Hall–Kier alpha value is -5.48. The van der Waals surface area contributed by atoms with E-state index in [1.165, 1.54) is 103 Å². The van der Waals surface area contributed by atoms with Crippen molar-refractivity contribution in [2.45, 2.75) is 136 Å². The van der Waals surface area contributed by atoms with Gasteiger partial charge in [0.05, 0.1) is 11.3 Å². The van der Waals surface area contributed by atoms with Crippen LogP contribution in [-0.4, -0.2) is 6.71 Å². The second kappa shape index (κ2) is 13.3. The molecule has 0 N–H and O–H groups in total. The molecule has 0 bridgehead atoms. The van der Waals surface area contributed by atoms with E-state index in [0.29, 0.717) is 0 Å². The largest absolute Gasteiger partial charge is 0.468 e. The minimum Gasteiger partial charge on any atom is -0.468 e. The first-order valence-electron chi connectivity index (χ1n) is 23.5. The molecule has 0 saturated heterocycles. The number of rotatable bonds is 3. The Kier molecular flexibility index (Phi) is 8.50. The van der Waals surface area contributed by atoms with E-state index in [-0.39, 0.29) is 33.8 Å². The van der Waals surface area contributed by atoms with Gasteiger partial charge in [-0.1, -0.05) is 137 Å². The van der Waals surface area contributed by atoms with Crippen LogP contribution in [0.15, 0.2) is 120 Å². The molecule has 0 unspecified atom stereocenters. The second-order valence-corrected chi connectivity index (χ2v) is 23.2. The highest BCUT2D eigenvalue weighted by atomic mass is 16.3. The average molecular weight is 827 g/mol. The molecule has 0 fully saturated rings. The first kappa shape index (κ1) is 40.3. The molecular formula is C59H63BN2O. The summed E-state index contributed by atoms with van der Waals surface area (Å²) in [6.45, 7) is 28.7. The predicted molar refractivity (Wildman–Crippen MR) is 270 cm³/mol. The van der Waals surface area contributed by atoms with Crippen molar-refractivity contribution < 1.29 is 4.42 Å². The lowest BCUT2D eigenvalue weighted by Gasteiger charge is -2.45. The van der Waals surface area contributed by atoms with Crippen LogP contribution in [0.3, 0.4) is 0 Å². The van der Waals surface area contributed by atoms with Crippen molar-refractivity contribution in [2.24, 2.45) is 0 Å². The molecule has 0 amide bonds. The Morgan fingerprint density at radius 3 is 1.67 bits per heavy atom. The Morgan fingerprint density at radius 1 is 0.524 bits per heavy atom. The van der Waals surface area contributed by atoms with E-state index in [9.17, 15) is 0 Å². The van der Waals surface area contributed by atoms with Crippen LogP contribution in [0.2, 0.25) is 0 Å². The van der Waals surface area contributed by atoms with Crippen LogP contribution >= 0.6 is 0 Å². The fourth-order valence-electron chi connectivity index (χ4n) is 11.9. The van der Waals surface area contributed by atoms with E-state index in [1.54, 1.807) is 0 Å². The third-order valence-corrected chi connectivity index (χ3v) is 16.0. The number of anilines is 6. The third kappa shape index (κ3) is 6.06. The highest BCUT2D eigenvalue weighted by Crippen LogP contribution is 2.53. The maximum Gasteiger partial charge on any atom is 0.297 e. The average Bonchev–Trinajstić information content (AvgIpc) is 3.62. The lowest BCUT2D eigenvalue weighted by Crippen LogP contribution is -2.61. The van der Waals surface area contributed by atoms with E-state index in [4.69, 9.17) is 4.42 Å². The van der Waals surface area contributed by atoms with Crippen LogP contribution in [0.5, 0.6) is 0 Å². The Bertz CT molecular complexity index is 3030. The zero-order valence-electron chi connectivity index (χ0n) is 39.7. The molecule has 2 aliphatic heterocycles. The van der Waals surface area contributed by atoms with Crippen molar-refractivity contribution in [2.75, 3.05) is 9.80 Å². The Balaban J connectivity index is 1.24. The van der Waals surface area contributed by atoms with Gasteiger partial charge in [0.15, 0.2) is 0 Å². The quantitative estimate of drug-likeness (QED) is 0.165. The molecular weight excluding hydrogens is 763 g/mol. The molecule has 7 aromatic rings. The normalized spacial score (nSPS) is 18.6. The minimum atomic E-state index is -0.107. The summed E-state index contributed by atoms with van der Waals surface area (Å²) in [7, 11) is 0. The SMILES string of the molecule is Cc1cc2c3c(c1)N(c1ccc4c(c1)C(C)(C)CCC4(C)C)c1c(oc4ccc(-c5ccccc5)cc14)B3c1cc(C(C)(C)C)ccc1N2c1ccc2c(c1)C(C)(C)CCC2(C)C. The smallest absolute Gasteiger partial charge is 0.297 e. The summed E-state index contributed by atoms with van der Waals surface area (Å²) >= 11 is 0. The highest BCUT2D eigenvalue weighted by Gasteiger charge is 2.48. The molecule has 3 heterocycles. The summed E-state index contributed by atoms with van der Waals surface area (Å²) in [5.74, 6) is 0. The standard InChI is InChI=1S/C59H63BN2O/c1-36-30-49-52-50(31-36)62(41-21-23-44-46(35-41)59(11,12)29-27-57(44,7)8)53-42-32-38(37-16-14-13-15-17-37)18-25-51(42)63-54(53)60(52)47-33-39(55(2,3)4)19-24-48(47)61(49)40-20-22-43-45(34-40)58(9,10)28-26-56(43,5)6/h13-25,30-35H,26-29H2,1-12H3. The van der Waals surface area contributed by atoms with Gasteiger partial charge in [0.25, 0.3) is 6.71 Å². The molecule has 63 heavy (non-hydrogen) atoms. The summed E-state index contributed by atoms with van der Waals surface area (Å²) in [5.41, 5.74) is 23.0. The first-order chi connectivity index (χ1) is 29.7. The molecule has 4 heteroatoms. The van der Waals surface area contributed by atoms with E-state index in [1.807, 2.05) is 0 Å². The number of nitrogens with zero attached hydrogens (tertiary/aromatic N) is 2. The number of hydrogen-bond donors (Lipinski definition) is 0. The molecule has 4 aliphatic rings. The molecule has 1 aromatic heterocycles. The number of benzene rings is 6. The molecule has 0 spiro atoms. The van der Waals surface area contributed by atoms with Gasteiger partial charge < -0.3 is 14.2 Å². The zero-order valence-corrected chi connectivity index (χ0v) is 39.7. The van der Waals surface area contributed by atoms with Crippen molar-refractivity contribution in [3.63, 3.8) is 0 Å². The molecule has 318 valence electrons. The summed E-state index contributed by atoms with van der Waals surface area (Å²) < 4.78 is 7.39.